The predicted molar refractivity (Wildman–Crippen MR) is 104 cm³/mol. The first-order chi connectivity index (χ1) is 12.1. The van der Waals surface area contributed by atoms with Gasteiger partial charge in [-0.15, -0.1) is 11.3 Å². The fourth-order valence-corrected chi connectivity index (χ4v) is 4.21. The van der Waals surface area contributed by atoms with Crippen LogP contribution in [0.3, 0.4) is 0 Å². The van der Waals surface area contributed by atoms with Crippen LogP contribution < -0.4 is 5.32 Å². The van der Waals surface area contributed by atoms with Gasteiger partial charge >= 0.3 is 0 Å². The number of amides is 1. The van der Waals surface area contributed by atoms with Crippen molar-refractivity contribution in [3.8, 4) is 0 Å². The van der Waals surface area contributed by atoms with Gasteiger partial charge in [0.15, 0.2) is 0 Å². The summed E-state index contributed by atoms with van der Waals surface area (Å²) in [5, 5.41) is 3.09. The number of carbonyl (C=O) groups is 1. The standard InChI is InChI=1S/C19H24ClN3OS/c1-15(16-5-3-2-4-6-16)21-19(24)14-23-11-9-22(10-12-23)13-17-7-8-18(20)25-17/h2-8,15H,9-14H2,1H3,(H,21,24). The Bertz CT molecular complexity index is 683. The summed E-state index contributed by atoms with van der Waals surface area (Å²) in [5.41, 5.74) is 1.13. The van der Waals surface area contributed by atoms with Gasteiger partial charge in [0.1, 0.15) is 0 Å². The average molecular weight is 378 g/mol. The Labute approximate surface area is 158 Å². The lowest BCUT2D eigenvalue weighted by molar-refractivity contribution is -0.123. The maximum absolute atomic E-state index is 12.3. The van der Waals surface area contributed by atoms with Crippen molar-refractivity contribution in [2.45, 2.75) is 19.5 Å². The van der Waals surface area contributed by atoms with Gasteiger partial charge in [0.2, 0.25) is 5.91 Å². The van der Waals surface area contributed by atoms with E-state index in [4.69, 9.17) is 11.6 Å². The van der Waals surface area contributed by atoms with Crippen molar-refractivity contribution in [3.05, 3.63) is 57.2 Å². The first-order valence-corrected chi connectivity index (χ1v) is 9.83. The molecule has 1 amide bonds. The molecule has 2 aromatic rings. The number of nitrogens with one attached hydrogen (secondary N) is 1. The normalized spacial score (nSPS) is 17.4. The smallest absolute Gasteiger partial charge is 0.234 e. The number of thiophene rings is 1. The van der Waals surface area contributed by atoms with Gasteiger partial charge in [0, 0.05) is 37.6 Å². The highest BCUT2D eigenvalue weighted by molar-refractivity contribution is 7.16. The molecule has 0 saturated carbocycles. The molecule has 1 saturated heterocycles. The van der Waals surface area contributed by atoms with Crippen LogP contribution in [-0.4, -0.2) is 48.4 Å². The molecule has 0 spiro atoms. The highest BCUT2D eigenvalue weighted by Crippen LogP contribution is 2.23. The van der Waals surface area contributed by atoms with Crippen molar-refractivity contribution in [2.24, 2.45) is 0 Å². The van der Waals surface area contributed by atoms with E-state index in [9.17, 15) is 4.79 Å². The van der Waals surface area contributed by atoms with Gasteiger partial charge in [-0.1, -0.05) is 41.9 Å². The Morgan fingerprint density at radius 1 is 1.12 bits per heavy atom. The van der Waals surface area contributed by atoms with Crippen LogP contribution in [0.15, 0.2) is 42.5 Å². The summed E-state index contributed by atoms with van der Waals surface area (Å²) in [6, 6.07) is 14.2. The van der Waals surface area contributed by atoms with Crippen molar-refractivity contribution in [3.63, 3.8) is 0 Å². The predicted octanol–water partition coefficient (Wildman–Crippen LogP) is 3.40. The molecule has 1 aromatic carbocycles. The molecule has 3 rings (SSSR count). The molecule has 0 aliphatic carbocycles. The zero-order valence-corrected chi connectivity index (χ0v) is 16.0. The highest BCUT2D eigenvalue weighted by atomic mass is 35.5. The summed E-state index contributed by atoms with van der Waals surface area (Å²) in [4.78, 5) is 18.2. The second-order valence-electron chi connectivity index (χ2n) is 6.46. The van der Waals surface area contributed by atoms with E-state index in [2.05, 4.69) is 21.2 Å². The number of hydrogen-bond donors (Lipinski definition) is 1. The molecule has 1 aliphatic rings. The molecule has 0 bridgehead atoms. The number of piperazine rings is 1. The van der Waals surface area contributed by atoms with Crippen molar-refractivity contribution in [2.75, 3.05) is 32.7 Å². The zero-order valence-electron chi connectivity index (χ0n) is 14.5. The largest absolute Gasteiger partial charge is 0.348 e. The Morgan fingerprint density at radius 3 is 2.44 bits per heavy atom. The quantitative estimate of drug-likeness (QED) is 0.838. The van der Waals surface area contributed by atoms with Crippen molar-refractivity contribution in [1.82, 2.24) is 15.1 Å². The summed E-state index contributed by atoms with van der Waals surface area (Å²) >= 11 is 7.64. The first-order valence-electron chi connectivity index (χ1n) is 8.63. The number of halogens is 1. The summed E-state index contributed by atoms with van der Waals surface area (Å²) in [7, 11) is 0. The molecule has 1 N–H and O–H groups in total. The van der Waals surface area contributed by atoms with Crippen LogP contribution in [-0.2, 0) is 11.3 Å². The average Bonchev–Trinajstić information content (AvgIpc) is 3.02. The van der Waals surface area contributed by atoms with E-state index >= 15 is 0 Å². The minimum atomic E-state index is 0.0403. The fraction of sp³-hybridized carbons (Fsp3) is 0.421. The third-order valence-corrected chi connectivity index (χ3v) is 5.73. The Morgan fingerprint density at radius 2 is 1.80 bits per heavy atom. The summed E-state index contributed by atoms with van der Waals surface area (Å²) < 4.78 is 0.845. The molecule has 4 nitrogen and oxygen atoms in total. The van der Waals surface area contributed by atoms with Crippen molar-refractivity contribution >= 4 is 28.8 Å². The first kappa shape index (κ1) is 18.4. The van der Waals surface area contributed by atoms with Crippen LogP contribution in [0, 0.1) is 0 Å². The second-order valence-corrected chi connectivity index (χ2v) is 8.26. The Kier molecular flexibility index (Phi) is 6.48. The molecular weight excluding hydrogens is 354 g/mol. The molecule has 1 unspecified atom stereocenters. The van der Waals surface area contributed by atoms with Crippen LogP contribution in [0.5, 0.6) is 0 Å². The van der Waals surface area contributed by atoms with Gasteiger partial charge in [0.05, 0.1) is 16.9 Å². The number of carbonyl (C=O) groups excluding carboxylic acids is 1. The Balaban J connectivity index is 1.40. The van der Waals surface area contributed by atoms with Gasteiger partial charge in [-0.3, -0.25) is 14.6 Å². The SMILES string of the molecule is CC(NC(=O)CN1CCN(Cc2ccc(Cl)s2)CC1)c1ccccc1. The molecule has 134 valence electrons. The number of rotatable bonds is 6. The third-order valence-electron chi connectivity index (χ3n) is 4.52. The van der Waals surface area contributed by atoms with E-state index in [-0.39, 0.29) is 11.9 Å². The second kappa shape index (κ2) is 8.81. The van der Waals surface area contributed by atoms with Crippen molar-refractivity contribution in [1.29, 1.82) is 0 Å². The maximum atomic E-state index is 12.3. The van der Waals surface area contributed by atoms with E-state index in [1.54, 1.807) is 11.3 Å². The number of nitrogens with zero attached hydrogens (tertiary/aromatic N) is 2. The minimum Gasteiger partial charge on any atom is -0.348 e. The topological polar surface area (TPSA) is 35.6 Å². The van der Waals surface area contributed by atoms with E-state index in [1.807, 2.05) is 43.3 Å². The molecule has 1 fully saturated rings. The van der Waals surface area contributed by atoms with E-state index < -0.39 is 0 Å². The summed E-state index contributed by atoms with van der Waals surface area (Å²) in [6.07, 6.45) is 0. The minimum absolute atomic E-state index is 0.0403. The van der Waals surface area contributed by atoms with Crippen LogP contribution in [0.2, 0.25) is 4.34 Å². The molecular formula is C19H24ClN3OS. The molecule has 0 radical (unpaired) electrons. The highest BCUT2D eigenvalue weighted by Gasteiger charge is 2.20. The van der Waals surface area contributed by atoms with Gasteiger partial charge in [0.25, 0.3) is 0 Å². The Hall–Kier alpha value is -1.40. The van der Waals surface area contributed by atoms with Crippen molar-refractivity contribution < 1.29 is 4.79 Å². The molecule has 2 heterocycles. The third kappa shape index (κ3) is 5.54. The molecule has 1 aromatic heterocycles. The lowest BCUT2D eigenvalue weighted by Crippen LogP contribution is -2.49. The molecule has 25 heavy (non-hydrogen) atoms. The summed E-state index contributed by atoms with van der Waals surface area (Å²) in [5.74, 6) is 0.0924. The monoisotopic (exact) mass is 377 g/mol. The maximum Gasteiger partial charge on any atom is 0.234 e. The van der Waals surface area contributed by atoms with Gasteiger partial charge in [-0.2, -0.15) is 0 Å². The fourth-order valence-electron chi connectivity index (χ4n) is 3.08. The summed E-state index contributed by atoms with van der Waals surface area (Å²) in [6.45, 7) is 7.25. The number of hydrogen-bond acceptors (Lipinski definition) is 4. The van der Waals surface area contributed by atoms with E-state index in [0.29, 0.717) is 6.54 Å². The lowest BCUT2D eigenvalue weighted by atomic mass is 10.1. The number of benzene rings is 1. The molecule has 6 heteroatoms. The van der Waals surface area contributed by atoms with Crippen LogP contribution in [0.1, 0.15) is 23.4 Å². The van der Waals surface area contributed by atoms with Crippen LogP contribution in [0.25, 0.3) is 0 Å². The van der Waals surface area contributed by atoms with Crippen LogP contribution >= 0.6 is 22.9 Å². The zero-order chi connectivity index (χ0) is 17.6. The van der Waals surface area contributed by atoms with E-state index in [1.165, 1.54) is 4.88 Å². The molecule has 1 aliphatic heterocycles. The van der Waals surface area contributed by atoms with Crippen LogP contribution in [0.4, 0.5) is 0 Å². The van der Waals surface area contributed by atoms with Gasteiger partial charge in [-0.05, 0) is 24.6 Å². The van der Waals surface area contributed by atoms with Gasteiger partial charge in [-0.25, -0.2) is 0 Å². The molecule has 1 atom stereocenters. The van der Waals surface area contributed by atoms with E-state index in [0.717, 1.165) is 42.6 Å². The lowest BCUT2D eigenvalue weighted by Gasteiger charge is -2.34. The van der Waals surface area contributed by atoms with Gasteiger partial charge < -0.3 is 5.32 Å².